The van der Waals surface area contributed by atoms with E-state index in [0.717, 1.165) is 36.0 Å². The molecule has 0 aliphatic carbocycles. The molecule has 1 aliphatic rings. The molecule has 0 spiro atoms. The molecule has 14 heteroatoms. The number of unbranched alkanes of at least 4 members (excludes halogenated alkanes) is 11. The van der Waals surface area contributed by atoms with Crippen molar-refractivity contribution in [2.45, 2.75) is 244 Å². The van der Waals surface area contributed by atoms with E-state index in [0.29, 0.717) is 6.42 Å². The summed E-state index contributed by atoms with van der Waals surface area (Å²) in [6.45, 7) is 26.5. The molecule has 97 heavy (non-hydrogen) atoms. The van der Waals surface area contributed by atoms with Gasteiger partial charge in [-0.25, -0.2) is 0 Å². The number of rotatable bonds is 34. The average Bonchev–Trinajstić information content (AvgIpc) is 0.793. The molecule has 0 aromatic heterocycles. The first-order valence-corrected chi connectivity index (χ1v) is 39.4. The summed E-state index contributed by atoms with van der Waals surface area (Å²) in [4.78, 5) is 17.8. The Labute approximate surface area is 584 Å². The lowest BCUT2D eigenvalue weighted by atomic mass is 9.97. The molecule has 1 fully saturated rings. The van der Waals surface area contributed by atoms with Crippen LogP contribution in [-0.2, 0) is 57.2 Å². The Kier molecular flexibility index (Phi) is 38.7. The minimum Gasteiger partial charge on any atom is -0.411 e. The number of amides is 1. The van der Waals surface area contributed by atoms with Crippen molar-refractivity contribution in [3.05, 3.63) is 118 Å². The van der Waals surface area contributed by atoms with E-state index in [1.54, 1.807) is 6.92 Å². The number of benzene rings is 3. The van der Waals surface area contributed by atoms with Gasteiger partial charge >= 0.3 is 0 Å². The van der Waals surface area contributed by atoms with Crippen LogP contribution >= 0.6 is 0 Å². The molecule has 1 aliphatic heterocycles. The van der Waals surface area contributed by atoms with Crippen LogP contribution in [0.3, 0.4) is 0 Å². The van der Waals surface area contributed by atoms with Crippen LogP contribution < -0.4 is 5.32 Å². The van der Waals surface area contributed by atoms with E-state index >= 15 is 0 Å². The highest BCUT2D eigenvalue weighted by Gasteiger charge is 2.51. The minimum atomic E-state index is -2.71. The number of carbonyl (C=O) groups excluding carboxylic acids is 1. The van der Waals surface area contributed by atoms with Gasteiger partial charge in [-0.05, 0) is 167 Å². The second-order valence-corrected chi connectivity index (χ2v) is 35.7. The number of ether oxygens (including phenoxy) is 5. The fourth-order valence-electron chi connectivity index (χ4n) is 9.51. The van der Waals surface area contributed by atoms with Crippen LogP contribution in [0.2, 0.25) is 36.3 Å². The van der Waals surface area contributed by atoms with Crippen LogP contribution in [-0.4, -0.2) is 84.6 Å². The first kappa shape index (κ1) is 80.7. The molecule has 1 heterocycles. The van der Waals surface area contributed by atoms with E-state index in [1.165, 1.54) is 57.8 Å². The molecule has 0 bridgehead atoms. The average molecular weight is 1330 g/mol. The van der Waals surface area contributed by atoms with Crippen molar-refractivity contribution < 1.29 is 37.3 Å². The molecule has 5 unspecified atom stereocenters. The Bertz CT molecular complexity index is 3800. The Balaban J connectivity index is 1.80. The Morgan fingerprint density at radius 3 is 1.29 bits per heavy atom. The maximum atomic E-state index is 14.6. The van der Waals surface area contributed by atoms with Gasteiger partial charge in [-0.2, -0.15) is 0 Å². The summed E-state index contributed by atoms with van der Waals surface area (Å²) >= 11 is 0. The SMILES string of the molecule is CC#CC#CC#CC#CC#CC#CC#CC#CC#CC#CC#CC#CC(=O)N[C@@H](COC1OC(CN=[N+]=[N-])C(OCc2ccccc2)C(OCc2ccccc2)C1OCc1ccccc1)[C@H](O[Si](C)(C)C(C)(C)C)[C@@H](CCCCCCCCCCCCCC)O[Si](C)(C)C(C)(C)C. The lowest BCUT2D eigenvalue weighted by Crippen LogP contribution is -2.63. The minimum absolute atomic E-state index is 0.112. The summed E-state index contributed by atoms with van der Waals surface area (Å²) in [6.07, 6.45) is 9.28. The summed E-state index contributed by atoms with van der Waals surface area (Å²) in [7, 11) is -5.27. The third-order valence-electron chi connectivity index (χ3n) is 16.7. The maximum absolute atomic E-state index is 14.6. The van der Waals surface area contributed by atoms with Crippen molar-refractivity contribution in [2.75, 3.05) is 13.2 Å². The largest absolute Gasteiger partial charge is 0.411 e. The lowest BCUT2D eigenvalue weighted by Gasteiger charge is -2.48. The Morgan fingerprint density at radius 2 is 0.887 bits per heavy atom. The van der Waals surface area contributed by atoms with Gasteiger partial charge in [-0.1, -0.05) is 228 Å². The summed E-state index contributed by atoms with van der Waals surface area (Å²) in [5, 5.41) is 6.88. The normalized spacial score (nSPS) is 16.0. The van der Waals surface area contributed by atoms with E-state index in [2.05, 4.69) is 232 Å². The first-order chi connectivity index (χ1) is 46.8. The van der Waals surface area contributed by atoms with Crippen LogP contribution in [0.5, 0.6) is 0 Å². The summed E-state index contributed by atoms with van der Waals surface area (Å²) < 4.78 is 50.2. The maximum Gasteiger partial charge on any atom is 0.297 e. The fraction of sp³-hybridized carbons (Fsp3) is 0.482. The van der Waals surface area contributed by atoms with Crippen LogP contribution in [0.4, 0.5) is 0 Å². The molecule has 504 valence electrons. The van der Waals surface area contributed by atoms with Gasteiger partial charge in [0, 0.05) is 46.4 Å². The summed E-state index contributed by atoms with van der Waals surface area (Å²) in [5.74, 6) is 61.7. The van der Waals surface area contributed by atoms with Crippen molar-refractivity contribution in [1.29, 1.82) is 0 Å². The van der Waals surface area contributed by atoms with Crippen molar-refractivity contribution in [2.24, 2.45) is 5.11 Å². The fourth-order valence-corrected chi connectivity index (χ4v) is 12.2. The molecule has 3 aromatic rings. The monoisotopic (exact) mass is 1330 g/mol. The van der Waals surface area contributed by atoms with Crippen molar-refractivity contribution in [3.63, 3.8) is 0 Å². The zero-order valence-electron chi connectivity index (χ0n) is 59.1. The lowest BCUT2D eigenvalue weighted by molar-refractivity contribution is -0.322. The number of nitrogens with zero attached hydrogens (tertiary/aromatic N) is 3. The number of hydrogen-bond acceptors (Lipinski definition) is 9. The molecule has 12 nitrogen and oxygen atoms in total. The highest BCUT2D eigenvalue weighted by molar-refractivity contribution is 6.74. The topological polar surface area (TPSA) is 142 Å². The standard InChI is InChI=1S/C83H96N4O8Si2/c1-13-15-17-19-21-23-25-27-28-29-30-31-32-33-34-35-36-37-39-41-43-45-56-64-76(88)86-73(77(95-97(11,12)83(6,7)8)74(94-96(9,10)82(3,4)5)63-55-44-42-40-38-26-24-22-20-18-16-14-2)69-92-81-80(91-68-72-61-53-48-54-62-72)79(90-67-71-59-51-47-52-60-71)78(75(93-81)65-85-87-84)89-66-70-57-49-46-50-58-70/h46-54,57-62,73-75,77-81H,14,16,18,20,22,24,26,38,40,42,44,55,63,65-69H2,1-12H3,(H,86,88)/t73-,74+,75?,77-,78?,79?,80?,81?/m0/s1. The molecule has 1 N–H and O–H groups in total. The van der Waals surface area contributed by atoms with Crippen LogP contribution in [0, 0.1) is 142 Å². The van der Waals surface area contributed by atoms with E-state index in [4.69, 9.17) is 32.5 Å². The zero-order valence-corrected chi connectivity index (χ0v) is 61.1. The number of nitrogens with one attached hydrogen (secondary N) is 1. The van der Waals surface area contributed by atoms with E-state index in [9.17, 15) is 10.3 Å². The van der Waals surface area contributed by atoms with Crippen molar-refractivity contribution >= 4 is 22.5 Å². The van der Waals surface area contributed by atoms with Crippen LogP contribution in [0.25, 0.3) is 10.4 Å². The van der Waals surface area contributed by atoms with Crippen molar-refractivity contribution in [1.82, 2.24) is 5.32 Å². The van der Waals surface area contributed by atoms with E-state index in [-0.39, 0.29) is 43.0 Å². The highest BCUT2D eigenvalue weighted by atomic mass is 28.4. The smallest absolute Gasteiger partial charge is 0.297 e. The van der Waals surface area contributed by atoms with Gasteiger partial charge in [-0.15, -0.1) is 0 Å². The number of azide groups is 1. The molecular formula is C83H96N4O8Si2. The number of carbonyl (C=O) groups is 1. The highest BCUT2D eigenvalue weighted by Crippen LogP contribution is 2.42. The molecule has 8 atom stereocenters. The molecule has 0 radical (unpaired) electrons. The van der Waals surface area contributed by atoms with Gasteiger partial charge in [0.05, 0.1) is 57.3 Å². The molecule has 1 saturated heterocycles. The quantitative estimate of drug-likeness (QED) is 0.0156. The van der Waals surface area contributed by atoms with E-state index in [1.807, 2.05) is 91.0 Å². The van der Waals surface area contributed by atoms with Crippen molar-refractivity contribution in [3.8, 4) is 142 Å². The Hall–Kier alpha value is -8.69. The Morgan fingerprint density at radius 1 is 0.515 bits per heavy atom. The first-order valence-electron chi connectivity index (χ1n) is 33.6. The molecule has 4 rings (SSSR count). The van der Waals surface area contributed by atoms with E-state index < -0.39 is 71.5 Å². The molecule has 3 aromatic carbocycles. The molecule has 1 amide bonds. The number of hydrogen-bond donors (Lipinski definition) is 1. The van der Waals surface area contributed by atoms with Gasteiger partial charge in [0.25, 0.3) is 5.91 Å². The molecule has 0 saturated carbocycles. The van der Waals surface area contributed by atoms with Gasteiger partial charge < -0.3 is 37.9 Å². The van der Waals surface area contributed by atoms with Crippen LogP contribution in [0.15, 0.2) is 96.1 Å². The predicted octanol–water partition coefficient (Wildman–Crippen LogP) is 15.2. The third-order valence-corrected chi connectivity index (χ3v) is 25.7. The van der Waals surface area contributed by atoms with Gasteiger partial charge in [0.1, 0.15) is 18.3 Å². The molecular weight excluding hydrogens is 1240 g/mol. The van der Waals surface area contributed by atoms with Gasteiger partial charge in [0.15, 0.2) is 22.9 Å². The summed E-state index contributed by atoms with van der Waals surface area (Å²) in [6, 6.07) is 28.6. The second kappa shape index (κ2) is 46.5. The second-order valence-electron chi connectivity index (χ2n) is 26.2. The van der Waals surface area contributed by atoms with Gasteiger partial charge in [-0.3, -0.25) is 4.79 Å². The zero-order chi connectivity index (χ0) is 70.3. The van der Waals surface area contributed by atoms with Crippen LogP contribution in [0.1, 0.15) is 156 Å². The van der Waals surface area contributed by atoms with Gasteiger partial charge in [0.2, 0.25) is 0 Å². The summed E-state index contributed by atoms with van der Waals surface area (Å²) in [5.41, 5.74) is 12.6. The predicted molar refractivity (Wildman–Crippen MR) is 394 cm³/mol. The third kappa shape index (κ3) is 33.2.